The predicted molar refractivity (Wildman–Crippen MR) is 71.1 cm³/mol. The van der Waals surface area contributed by atoms with Gasteiger partial charge in [0, 0.05) is 17.2 Å². The van der Waals surface area contributed by atoms with E-state index in [2.05, 4.69) is 11.6 Å². The first-order chi connectivity index (χ1) is 8.67. The highest BCUT2D eigenvalue weighted by molar-refractivity contribution is 6.01. The van der Waals surface area contributed by atoms with Crippen molar-refractivity contribution in [3.63, 3.8) is 0 Å². The van der Waals surface area contributed by atoms with Gasteiger partial charge in [0.15, 0.2) is 0 Å². The van der Waals surface area contributed by atoms with Crippen LogP contribution in [0.5, 0.6) is 0 Å². The van der Waals surface area contributed by atoms with E-state index >= 15 is 0 Å². The molecule has 0 N–H and O–H groups in total. The first-order valence-corrected chi connectivity index (χ1v) is 5.80. The molecule has 1 aromatic carbocycles. The van der Waals surface area contributed by atoms with Crippen molar-refractivity contribution in [2.24, 2.45) is 16.8 Å². The van der Waals surface area contributed by atoms with Gasteiger partial charge in [0.25, 0.3) is 0 Å². The summed E-state index contributed by atoms with van der Waals surface area (Å²) in [7, 11) is 0. The van der Waals surface area contributed by atoms with Crippen LogP contribution in [0.3, 0.4) is 0 Å². The summed E-state index contributed by atoms with van der Waals surface area (Å²) in [4.78, 5) is 4.54. The molecule has 1 unspecified atom stereocenters. The summed E-state index contributed by atoms with van der Waals surface area (Å²) < 4.78 is 0. The van der Waals surface area contributed by atoms with Crippen molar-refractivity contribution >= 4 is 17.0 Å². The Morgan fingerprint density at radius 3 is 2.67 bits per heavy atom. The lowest BCUT2D eigenvalue weighted by Crippen LogP contribution is -2.19. The van der Waals surface area contributed by atoms with Crippen molar-refractivity contribution < 1.29 is 0 Å². The fourth-order valence-electron chi connectivity index (χ4n) is 2.23. The zero-order valence-corrected chi connectivity index (χ0v) is 10.2. The molecule has 88 valence electrons. The molecule has 0 spiro atoms. The van der Waals surface area contributed by atoms with Crippen molar-refractivity contribution in [1.82, 2.24) is 0 Å². The monoisotopic (exact) mass is 235 g/mol. The average Bonchev–Trinajstić information content (AvgIpc) is 2.39. The molecule has 1 heterocycles. The van der Waals surface area contributed by atoms with Crippen molar-refractivity contribution in [3.05, 3.63) is 36.4 Å². The molecule has 0 saturated heterocycles. The minimum Gasteiger partial charge on any atom is -0.257 e. The fourth-order valence-corrected chi connectivity index (χ4v) is 2.23. The maximum Gasteiger partial charge on any atom is 0.134 e. The van der Waals surface area contributed by atoms with Gasteiger partial charge in [0.2, 0.25) is 0 Å². The number of para-hydroxylation sites is 1. The van der Waals surface area contributed by atoms with E-state index in [0.29, 0.717) is 6.42 Å². The van der Waals surface area contributed by atoms with Gasteiger partial charge in [-0.3, -0.25) is 4.99 Å². The Balaban J connectivity index is 2.35. The fraction of sp³-hybridized carbons (Fsp3) is 0.267. The molecule has 0 aromatic heterocycles. The number of nitriles is 2. The number of allylic oxidation sites excluding steroid dienone is 1. The van der Waals surface area contributed by atoms with E-state index in [4.69, 9.17) is 10.5 Å². The molecular formula is C15H13N3. The smallest absolute Gasteiger partial charge is 0.134 e. The highest BCUT2D eigenvalue weighted by atomic mass is 14.8. The summed E-state index contributed by atoms with van der Waals surface area (Å²) in [5.41, 5.74) is 3.81. The number of aliphatic imine (C=N–C) groups is 1. The third-order valence-electron chi connectivity index (χ3n) is 3.25. The zero-order chi connectivity index (χ0) is 13.1. The molecular weight excluding hydrogens is 222 g/mol. The molecule has 0 saturated carbocycles. The largest absolute Gasteiger partial charge is 0.257 e. The van der Waals surface area contributed by atoms with Crippen LogP contribution in [0.15, 0.2) is 35.8 Å². The summed E-state index contributed by atoms with van der Waals surface area (Å²) >= 11 is 0. The summed E-state index contributed by atoms with van der Waals surface area (Å²) in [6, 6.07) is 11.8. The standard InChI is InChI=1S/C15H13N3/c1-10-13-5-3-4-6-15(13)18-11(2)14(10)7-12(8-16)9-17/h3-6,12,14H,1,7H2,2H3. The number of hydrogen-bond acceptors (Lipinski definition) is 3. The van der Waals surface area contributed by atoms with E-state index in [1.807, 2.05) is 43.3 Å². The van der Waals surface area contributed by atoms with Gasteiger partial charge in [0.05, 0.1) is 17.8 Å². The normalized spacial score (nSPS) is 17.7. The second-order valence-electron chi connectivity index (χ2n) is 4.39. The highest BCUT2D eigenvalue weighted by Crippen LogP contribution is 2.38. The van der Waals surface area contributed by atoms with Gasteiger partial charge in [-0.1, -0.05) is 24.8 Å². The Hall–Kier alpha value is -2.39. The number of hydrogen-bond donors (Lipinski definition) is 0. The Morgan fingerprint density at radius 2 is 2.00 bits per heavy atom. The first-order valence-electron chi connectivity index (χ1n) is 5.80. The van der Waals surface area contributed by atoms with Crippen molar-refractivity contribution in [2.75, 3.05) is 0 Å². The molecule has 1 aliphatic rings. The lowest BCUT2D eigenvalue weighted by atomic mass is 9.81. The zero-order valence-electron chi connectivity index (χ0n) is 10.2. The second-order valence-corrected chi connectivity index (χ2v) is 4.39. The second kappa shape index (κ2) is 4.85. The Labute approximate surface area is 107 Å². The summed E-state index contributed by atoms with van der Waals surface area (Å²) in [5, 5.41) is 17.8. The molecule has 1 aromatic rings. The Bertz CT molecular complexity index is 585. The van der Waals surface area contributed by atoms with Crippen LogP contribution in [-0.2, 0) is 0 Å². The molecule has 3 nitrogen and oxygen atoms in total. The first kappa shape index (κ1) is 12.1. The lowest BCUT2D eigenvalue weighted by molar-refractivity contribution is 0.676. The van der Waals surface area contributed by atoms with Gasteiger partial charge in [-0.25, -0.2) is 0 Å². The average molecular weight is 235 g/mol. The van der Waals surface area contributed by atoms with E-state index in [1.165, 1.54) is 0 Å². The molecule has 0 aliphatic carbocycles. The number of nitrogens with zero attached hydrogens (tertiary/aromatic N) is 3. The van der Waals surface area contributed by atoms with Crippen LogP contribution in [0.2, 0.25) is 0 Å². The summed E-state index contributed by atoms with van der Waals surface area (Å²) in [6.45, 7) is 6.04. The Kier molecular flexibility index (Phi) is 3.26. The third kappa shape index (κ3) is 2.04. The minimum absolute atomic E-state index is 0.0100. The van der Waals surface area contributed by atoms with Crippen LogP contribution < -0.4 is 0 Å². The van der Waals surface area contributed by atoms with Crippen LogP contribution >= 0.6 is 0 Å². The van der Waals surface area contributed by atoms with Crippen LogP contribution in [0, 0.1) is 34.5 Å². The molecule has 3 heteroatoms. The topological polar surface area (TPSA) is 59.9 Å². The van der Waals surface area contributed by atoms with Crippen LogP contribution in [0.25, 0.3) is 5.57 Å². The van der Waals surface area contributed by atoms with E-state index < -0.39 is 5.92 Å². The molecule has 18 heavy (non-hydrogen) atoms. The molecule has 0 bridgehead atoms. The van der Waals surface area contributed by atoms with Gasteiger partial charge >= 0.3 is 0 Å². The maximum atomic E-state index is 8.88. The lowest BCUT2D eigenvalue weighted by Gasteiger charge is -2.25. The van der Waals surface area contributed by atoms with Gasteiger partial charge in [0.1, 0.15) is 5.92 Å². The minimum atomic E-state index is -0.609. The third-order valence-corrected chi connectivity index (χ3v) is 3.25. The van der Waals surface area contributed by atoms with Crippen LogP contribution in [0.4, 0.5) is 5.69 Å². The van der Waals surface area contributed by atoms with Crippen molar-refractivity contribution in [1.29, 1.82) is 10.5 Å². The molecule has 0 fully saturated rings. The van der Waals surface area contributed by atoms with Crippen LogP contribution in [0.1, 0.15) is 18.9 Å². The van der Waals surface area contributed by atoms with Crippen LogP contribution in [-0.4, -0.2) is 5.71 Å². The van der Waals surface area contributed by atoms with E-state index in [9.17, 15) is 0 Å². The number of rotatable bonds is 2. The maximum absolute atomic E-state index is 8.88. The highest BCUT2D eigenvalue weighted by Gasteiger charge is 2.26. The summed E-state index contributed by atoms with van der Waals surface area (Å²) in [6.07, 6.45) is 0.468. The van der Waals surface area contributed by atoms with E-state index in [0.717, 1.165) is 22.5 Å². The van der Waals surface area contributed by atoms with Crippen molar-refractivity contribution in [3.8, 4) is 12.1 Å². The quantitative estimate of drug-likeness (QED) is 0.787. The van der Waals surface area contributed by atoms with Gasteiger partial charge in [-0.15, -0.1) is 0 Å². The molecule has 0 radical (unpaired) electrons. The van der Waals surface area contributed by atoms with Gasteiger partial charge in [-0.05, 0) is 25.0 Å². The predicted octanol–water partition coefficient (Wildman–Crippen LogP) is 3.48. The SMILES string of the molecule is C=C1c2ccccc2N=C(C)C1CC(C#N)C#N. The van der Waals surface area contributed by atoms with Crippen molar-refractivity contribution in [2.45, 2.75) is 13.3 Å². The van der Waals surface area contributed by atoms with Gasteiger partial charge in [-0.2, -0.15) is 10.5 Å². The van der Waals surface area contributed by atoms with Gasteiger partial charge < -0.3 is 0 Å². The number of fused-ring (bicyclic) bond motifs is 1. The summed E-state index contributed by atoms with van der Waals surface area (Å²) in [5.74, 6) is -0.619. The molecule has 0 amide bonds. The van der Waals surface area contributed by atoms with E-state index in [-0.39, 0.29) is 5.92 Å². The molecule has 2 rings (SSSR count). The van der Waals surface area contributed by atoms with E-state index in [1.54, 1.807) is 0 Å². The number of benzene rings is 1. The molecule has 1 aliphatic heterocycles. The molecule has 1 atom stereocenters. The Morgan fingerprint density at radius 1 is 1.33 bits per heavy atom.